The zero-order valence-electron chi connectivity index (χ0n) is 9.17. The smallest absolute Gasteiger partial charge is 0.108 e. The molecule has 0 saturated heterocycles. The highest BCUT2D eigenvalue weighted by molar-refractivity contribution is 7.99. The van der Waals surface area contributed by atoms with Crippen molar-refractivity contribution in [2.24, 2.45) is 0 Å². The molecule has 0 aliphatic heterocycles. The van der Waals surface area contributed by atoms with Gasteiger partial charge < -0.3 is 5.11 Å². The molecule has 0 amide bonds. The zero-order chi connectivity index (χ0) is 12.3. The van der Waals surface area contributed by atoms with E-state index in [-0.39, 0.29) is 0 Å². The fraction of sp³-hybridized carbons (Fsp3) is 0.167. The lowest BCUT2D eigenvalue weighted by Gasteiger charge is -2.09. The van der Waals surface area contributed by atoms with Gasteiger partial charge in [-0.3, -0.25) is 0 Å². The van der Waals surface area contributed by atoms with E-state index in [0.717, 1.165) is 15.6 Å². The number of hydrogen-bond acceptors (Lipinski definition) is 4. The first-order chi connectivity index (χ1) is 8.16. The second kappa shape index (κ2) is 5.49. The second-order valence-electron chi connectivity index (χ2n) is 3.49. The SMILES string of the molecule is CC(O)c1cccnc1Sc1ccc(Cl)cn1. The molecule has 2 aromatic heterocycles. The molecule has 1 unspecified atom stereocenters. The molecule has 1 N–H and O–H groups in total. The van der Waals surface area contributed by atoms with Crippen molar-refractivity contribution in [2.75, 3.05) is 0 Å². The molecule has 0 bridgehead atoms. The normalized spacial score (nSPS) is 12.4. The zero-order valence-corrected chi connectivity index (χ0v) is 10.7. The van der Waals surface area contributed by atoms with E-state index in [2.05, 4.69) is 9.97 Å². The number of aliphatic hydroxyl groups is 1. The summed E-state index contributed by atoms with van der Waals surface area (Å²) in [6.45, 7) is 1.72. The molecule has 0 spiro atoms. The number of aromatic nitrogens is 2. The highest BCUT2D eigenvalue weighted by Gasteiger charge is 2.10. The highest BCUT2D eigenvalue weighted by Crippen LogP contribution is 2.30. The molecule has 88 valence electrons. The molecular weight excluding hydrogens is 256 g/mol. The fourth-order valence-electron chi connectivity index (χ4n) is 1.33. The third-order valence-corrected chi connectivity index (χ3v) is 3.36. The van der Waals surface area contributed by atoms with Crippen LogP contribution in [0.3, 0.4) is 0 Å². The third kappa shape index (κ3) is 3.19. The van der Waals surface area contributed by atoms with Crippen molar-refractivity contribution in [2.45, 2.75) is 23.1 Å². The lowest BCUT2D eigenvalue weighted by atomic mass is 10.2. The van der Waals surface area contributed by atoms with Gasteiger partial charge in [0.1, 0.15) is 10.1 Å². The predicted molar refractivity (Wildman–Crippen MR) is 68.2 cm³/mol. The molecule has 5 heteroatoms. The number of rotatable bonds is 3. The molecule has 17 heavy (non-hydrogen) atoms. The van der Waals surface area contributed by atoms with Crippen LogP contribution in [0.25, 0.3) is 0 Å². The number of pyridine rings is 2. The van der Waals surface area contributed by atoms with Crippen LogP contribution in [0.15, 0.2) is 46.7 Å². The summed E-state index contributed by atoms with van der Waals surface area (Å²) in [4.78, 5) is 8.43. The Morgan fingerprint density at radius 2 is 2.12 bits per heavy atom. The predicted octanol–water partition coefficient (Wildman–Crippen LogP) is 3.33. The van der Waals surface area contributed by atoms with Crippen LogP contribution in [-0.4, -0.2) is 15.1 Å². The van der Waals surface area contributed by atoms with E-state index in [0.29, 0.717) is 5.02 Å². The highest BCUT2D eigenvalue weighted by atomic mass is 35.5. The summed E-state index contributed by atoms with van der Waals surface area (Å²) >= 11 is 7.18. The Hall–Kier alpha value is -1.10. The molecule has 0 aliphatic carbocycles. The topological polar surface area (TPSA) is 46.0 Å². The summed E-state index contributed by atoms with van der Waals surface area (Å²) in [5, 5.41) is 11.8. The maximum atomic E-state index is 9.63. The maximum Gasteiger partial charge on any atom is 0.108 e. The average molecular weight is 267 g/mol. The lowest BCUT2D eigenvalue weighted by Crippen LogP contribution is -1.96. The van der Waals surface area contributed by atoms with Crippen LogP contribution >= 0.6 is 23.4 Å². The van der Waals surface area contributed by atoms with Gasteiger partial charge in [-0.05, 0) is 36.9 Å². The third-order valence-electron chi connectivity index (χ3n) is 2.15. The van der Waals surface area contributed by atoms with Crippen LogP contribution in [-0.2, 0) is 0 Å². The van der Waals surface area contributed by atoms with E-state index in [1.165, 1.54) is 11.8 Å². The minimum Gasteiger partial charge on any atom is -0.389 e. The number of nitrogens with zero attached hydrogens (tertiary/aromatic N) is 2. The van der Waals surface area contributed by atoms with Crippen LogP contribution in [0.4, 0.5) is 0 Å². The van der Waals surface area contributed by atoms with E-state index >= 15 is 0 Å². The number of hydrogen-bond donors (Lipinski definition) is 1. The standard InChI is InChI=1S/C12H11ClN2OS/c1-8(16)10-3-2-6-14-12(10)17-11-5-4-9(13)7-15-11/h2-8,16H,1H3. The van der Waals surface area contributed by atoms with Gasteiger partial charge in [0.25, 0.3) is 0 Å². The van der Waals surface area contributed by atoms with E-state index in [9.17, 15) is 5.11 Å². The minimum atomic E-state index is -0.543. The fourth-order valence-corrected chi connectivity index (χ4v) is 2.35. The average Bonchev–Trinajstić information content (AvgIpc) is 2.32. The Morgan fingerprint density at radius 1 is 1.29 bits per heavy atom. The van der Waals surface area contributed by atoms with Crippen molar-refractivity contribution in [3.8, 4) is 0 Å². The van der Waals surface area contributed by atoms with Crippen LogP contribution < -0.4 is 0 Å². The molecule has 0 aromatic carbocycles. The first-order valence-electron chi connectivity index (χ1n) is 5.09. The summed E-state index contributed by atoms with van der Waals surface area (Å²) in [6.07, 6.45) is 2.75. The van der Waals surface area contributed by atoms with E-state index in [1.807, 2.05) is 12.1 Å². The van der Waals surface area contributed by atoms with Crippen LogP contribution in [0.5, 0.6) is 0 Å². The summed E-state index contributed by atoms with van der Waals surface area (Å²) in [5.41, 5.74) is 0.800. The van der Waals surface area contributed by atoms with Crippen molar-refractivity contribution >= 4 is 23.4 Å². The first kappa shape index (κ1) is 12.4. The molecule has 3 nitrogen and oxygen atoms in total. The monoisotopic (exact) mass is 266 g/mol. The van der Waals surface area contributed by atoms with Crippen molar-refractivity contribution < 1.29 is 5.11 Å². The Bertz CT molecular complexity index is 502. The summed E-state index contributed by atoms with van der Waals surface area (Å²) in [7, 11) is 0. The Kier molecular flexibility index (Phi) is 3.99. The first-order valence-corrected chi connectivity index (χ1v) is 6.28. The maximum absolute atomic E-state index is 9.63. The summed E-state index contributed by atoms with van der Waals surface area (Å²) in [6, 6.07) is 7.27. The summed E-state index contributed by atoms with van der Waals surface area (Å²) in [5.74, 6) is 0. The Labute approximate surface area is 109 Å². The lowest BCUT2D eigenvalue weighted by molar-refractivity contribution is 0.195. The van der Waals surface area contributed by atoms with Crippen LogP contribution in [0, 0.1) is 0 Å². The van der Waals surface area contributed by atoms with E-state index < -0.39 is 6.10 Å². The quantitative estimate of drug-likeness (QED) is 0.926. The Balaban J connectivity index is 2.26. The van der Waals surface area contributed by atoms with Crippen LogP contribution in [0.2, 0.25) is 5.02 Å². The van der Waals surface area contributed by atoms with Gasteiger partial charge in [-0.1, -0.05) is 17.7 Å². The Morgan fingerprint density at radius 3 is 2.76 bits per heavy atom. The van der Waals surface area contributed by atoms with Crippen molar-refractivity contribution in [1.29, 1.82) is 0 Å². The molecule has 2 aromatic rings. The van der Waals surface area contributed by atoms with Gasteiger partial charge in [-0.2, -0.15) is 0 Å². The molecule has 0 saturated carbocycles. The van der Waals surface area contributed by atoms with Crippen molar-refractivity contribution in [3.05, 3.63) is 47.2 Å². The van der Waals surface area contributed by atoms with Crippen LogP contribution in [0.1, 0.15) is 18.6 Å². The van der Waals surface area contributed by atoms with E-state index in [1.54, 1.807) is 31.5 Å². The van der Waals surface area contributed by atoms with Gasteiger partial charge in [0.05, 0.1) is 11.1 Å². The van der Waals surface area contributed by atoms with Gasteiger partial charge in [0.2, 0.25) is 0 Å². The van der Waals surface area contributed by atoms with Gasteiger partial charge in [0.15, 0.2) is 0 Å². The molecule has 0 radical (unpaired) electrons. The molecule has 2 rings (SSSR count). The van der Waals surface area contributed by atoms with Gasteiger partial charge in [-0.25, -0.2) is 9.97 Å². The molecule has 1 atom stereocenters. The second-order valence-corrected chi connectivity index (χ2v) is 4.94. The largest absolute Gasteiger partial charge is 0.389 e. The number of aliphatic hydroxyl groups excluding tert-OH is 1. The molecule has 0 fully saturated rings. The molecular formula is C12H11ClN2OS. The minimum absolute atomic E-state index is 0.543. The van der Waals surface area contributed by atoms with Crippen molar-refractivity contribution in [3.63, 3.8) is 0 Å². The van der Waals surface area contributed by atoms with Gasteiger partial charge in [-0.15, -0.1) is 0 Å². The van der Waals surface area contributed by atoms with Gasteiger partial charge >= 0.3 is 0 Å². The molecule has 2 heterocycles. The summed E-state index contributed by atoms with van der Waals surface area (Å²) < 4.78 is 0. The van der Waals surface area contributed by atoms with E-state index in [4.69, 9.17) is 11.6 Å². The van der Waals surface area contributed by atoms with Crippen molar-refractivity contribution in [1.82, 2.24) is 9.97 Å². The van der Waals surface area contributed by atoms with Gasteiger partial charge in [0, 0.05) is 18.0 Å². The number of halogens is 1. The molecule has 0 aliphatic rings.